The second-order valence-corrected chi connectivity index (χ2v) is 9.19. The summed E-state index contributed by atoms with van der Waals surface area (Å²) in [6.45, 7) is 0. The van der Waals surface area contributed by atoms with Crippen LogP contribution in [0.5, 0.6) is 11.5 Å². The number of para-hydroxylation sites is 1. The lowest BCUT2D eigenvalue weighted by molar-refractivity contribution is 0.428. The maximum atomic E-state index is 13.0. The molecule has 0 spiro atoms. The first kappa shape index (κ1) is 22.0. The third-order valence-corrected chi connectivity index (χ3v) is 7.28. The summed E-state index contributed by atoms with van der Waals surface area (Å²) in [6, 6.07) is 12.0. The van der Waals surface area contributed by atoms with Crippen molar-refractivity contribution < 1.29 is 23.2 Å². The molecule has 152 valence electrons. The lowest BCUT2D eigenvalue weighted by atomic mass is 9.82. The zero-order chi connectivity index (χ0) is 21.6. The van der Waals surface area contributed by atoms with Gasteiger partial charge in [-0.1, -0.05) is 76.7 Å². The van der Waals surface area contributed by atoms with Crippen molar-refractivity contribution in [2.75, 3.05) is 0 Å². The van der Waals surface area contributed by atoms with Crippen molar-refractivity contribution in [1.29, 1.82) is 0 Å². The van der Waals surface area contributed by atoms with Crippen molar-refractivity contribution in [3.8, 4) is 11.5 Å². The van der Waals surface area contributed by atoms with Crippen LogP contribution in [0.3, 0.4) is 0 Å². The van der Waals surface area contributed by atoms with E-state index in [2.05, 4.69) is 0 Å². The largest absolute Gasteiger partial charge is 0.508 e. The Hall–Kier alpha value is -1.67. The Labute approximate surface area is 186 Å². The van der Waals surface area contributed by atoms with Crippen molar-refractivity contribution in [3.05, 3.63) is 91.4 Å². The molecule has 0 fully saturated rings. The molecule has 0 heterocycles. The molecule has 3 aromatic rings. The van der Waals surface area contributed by atoms with E-state index in [9.17, 15) is 23.2 Å². The molecule has 1 atom stereocenters. The van der Waals surface area contributed by atoms with Crippen LogP contribution in [0.15, 0.2) is 54.6 Å². The summed E-state index contributed by atoms with van der Waals surface area (Å²) in [5, 5.41) is 20.6. The van der Waals surface area contributed by atoms with Gasteiger partial charge in [0.15, 0.2) is 4.75 Å². The van der Waals surface area contributed by atoms with Gasteiger partial charge < -0.3 is 10.2 Å². The van der Waals surface area contributed by atoms with Crippen molar-refractivity contribution in [2.45, 2.75) is 4.75 Å². The quantitative estimate of drug-likeness (QED) is 0.311. The zero-order valence-electron chi connectivity index (χ0n) is 14.3. The lowest BCUT2D eigenvalue weighted by Gasteiger charge is -2.34. The van der Waals surface area contributed by atoms with Crippen molar-refractivity contribution in [2.24, 2.45) is 0 Å². The molecule has 0 aliphatic rings. The average Bonchev–Trinajstić information content (AvgIpc) is 2.63. The fraction of sp³-hybridized carbons (Fsp3) is 0.0526. The first-order chi connectivity index (χ1) is 13.5. The number of hydrogen-bond donors (Lipinski definition) is 3. The highest BCUT2D eigenvalue weighted by atomic mass is 35.5. The second-order valence-electron chi connectivity index (χ2n) is 6.03. The van der Waals surface area contributed by atoms with Crippen LogP contribution in [0.4, 0.5) is 0 Å². The Morgan fingerprint density at radius 2 is 1.31 bits per heavy atom. The van der Waals surface area contributed by atoms with Gasteiger partial charge >= 0.3 is 0 Å². The van der Waals surface area contributed by atoms with Crippen molar-refractivity contribution in [3.63, 3.8) is 0 Å². The fourth-order valence-corrected chi connectivity index (χ4v) is 5.73. The first-order valence-electron chi connectivity index (χ1n) is 7.91. The van der Waals surface area contributed by atoms with E-state index in [1.54, 1.807) is 0 Å². The number of hydrogen-bond acceptors (Lipinski definition) is 4. The van der Waals surface area contributed by atoms with E-state index in [4.69, 9.17) is 46.4 Å². The van der Waals surface area contributed by atoms with Crippen molar-refractivity contribution in [1.82, 2.24) is 0 Å². The summed E-state index contributed by atoms with van der Waals surface area (Å²) in [6.07, 6.45) is 0. The van der Waals surface area contributed by atoms with Gasteiger partial charge in [0.2, 0.25) is 0 Å². The van der Waals surface area contributed by atoms with E-state index < -0.39 is 31.9 Å². The van der Waals surface area contributed by atoms with Crippen LogP contribution in [0.1, 0.15) is 16.7 Å². The highest BCUT2D eigenvalue weighted by Gasteiger charge is 2.54. The molecule has 1 unspecified atom stereocenters. The zero-order valence-corrected chi connectivity index (χ0v) is 18.1. The number of phenols is 2. The van der Waals surface area contributed by atoms with Gasteiger partial charge in [-0.3, -0.25) is 4.55 Å². The van der Waals surface area contributed by atoms with E-state index in [-0.39, 0.29) is 31.2 Å². The van der Waals surface area contributed by atoms with Gasteiger partial charge in [0.25, 0.3) is 10.1 Å². The summed E-state index contributed by atoms with van der Waals surface area (Å²) in [5.74, 6) is -1.22. The minimum atomic E-state index is -5.20. The van der Waals surface area contributed by atoms with Crippen molar-refractivity contribution >= 4 is 56.5 Å². The third-order valence-electron chi connectivity index (χ3n) is 4.43. The monoisotopic (exact) mass is 492 g/mol. The number of aromatic hydroxyl groups is 2. The Morgan fingerprint density at radius 3 is 1.86 bits per heavy atom. The van der Waals surface area contributed by atoms with Gasteiger partial charge in [0.05, 0.1) is 5.02 Å². The molecule has 0 radical (unpaired) electrons. The van der Waals surface area contributed by atoms with Crippen LogP contribution >= 0.6 is 46.4 Å². The number of phenolic OH excluding ortho intramolecular Hbond substituents is 2. The summed E-state index contributed by atoms with van der Waals surface area (Å²) in [5.41, 5.74) is -0.974. The molecule has 0 saturated heterocycles. The minimum Gasteiger partial charge on any atom is -0.508 e. The SMILES string of the molecule is O=S(=O)(O)C(c1ccccc1O)(c1ccc(Cl)c(Cl)c1O)c1c(Cl)cccc1Cl. The topological polar surface area (TPSA) is 94.8 Å². The standard InChI is InChI=1S/C19H12Cl4O5S/c20-12-5-3-6-13(21)16(12)19(29(26,27)28,10-4-1-2-7-15(10)24)11-8-9-14(22)17(23)18(11)25/h1-9,24-25H,(H,26,27,28). The van der Waals surface area contributed by atoms with Gasteiger partial charge in [-0.25, -0.2) is 0 Å². The molecule has 0 aliphatic heterocycles. The Balaban J connectivity index is 2.68. The molecule has 29 heavy (non-hydrogen) atoms. The summed E-state index contributed by atoms with van der Waals surface area (Å²) < 4.78 is 33.9. The first-order valence-corrected chi connectivity index (χ1v) is 10.9. The molecule has 0 saturated carbocycles. The molecular formula is C19H12Cl4O5S. The van der Waals surface area contributed by atoms with Gasteiger partial charge in [-0.2, -0.15) is 8.42 Å². The summed E-state index contributed by atoms with van der Waals surface area (Å²) >= 11 is 24.6. The van der Waals surface area contributed by atoms with E-state index in [1.165, 1.54) is 48.5 Å². The van der Waals surface area contributed by atoms with Gasteiger partial charge in [-0.15, -0.1) is 0 Å². The molecule has 0 aliphatic carbocycles. The molecule has 0 amide bonds. The van der Waals surface area contributed by atoms with E-state index in [1.807, 2.05) is 0 Å². The number of halogens is 4. The molecule has 3 rings (SSSR count). The van der Waals surface area contributed by atoms with Crippen LogP contribution < -0.4 is 0 Å². The van der Waals surface area contributed by atoms with Gasteiger partial charge in [0, 0.05) is 26.7 Å². The molecule has 0 aromatic heterocycles. The van der Waals surface area contributed by atoms with Crippen LogP contribution in [-0.2, 0) is 14.9 Å². The van der Waals surface area contributed by atoms with E-state index in [0.29, 0.717) is 0 Å². The molecular weight excluding hydrogens is 482 g/mol. The fourth-order valence-electron chi connectivity index (χ4n) is 3.25. The van der Waals surface area contributed by atoms with Gasteiger partial charge in [-0.05, 0) is 24.3 Å². The van der Waals surface area contributed by atoms with Crippen LogP contribution in [0.25, 0.3) is 0 Å². The average molecular weight is 494 g/mol. The normalized spacial score (nSPS) is 13.8. The lowest BCUT2D eigenvalue weighted by Crippen LogP contribution is -2.39. The van der Waals surface area contributed by atoms with Gasteiger partial charge in [0.1, 0.15) is 16.5 Å². The van der Waals surface area contributed by atoms with E-state index in [0.717, 1.165) is 6.07 Å². The molecule has 3 aromatic carbocycles. The van der Waals surface area contributed by atoms with Crippen LogP contribution in [0.2, 0.25) is 20.1 Å². The maximum absolute atomic E-state index is 13.0. The number of benzene rings is 3. The molecule has 10 heteroatoms. The molecule has 3 N–H and O–H groups in total. The highest BCUT2D eigenvalue weighted by molar-refractivity contribution is 7.87. The predicted molar refractivity (Wildman–Crippen MR) is 114 cm³/mol. The molecule has 5 nitrogen and oxygen atoms in total. The third kappa shape index (κ3) is 3.44. The Morgan fingerprint density at radius 1 is 0.724 bits per heavy atom. The van der Waals surface area contributed by atoms with Crippen LogP contribution in [-0.4, -0.2) is 23.2 Å². The highest BCUT2D eigenvalue weighted by Crippen LogP contribution is 2.54. The Kier molecular flexibility index (Phi) is 5.98. The smallest absolute Gasteiger partial charge is 0.283 e. The second kappa shape index (κ2) is 7.87. The maximum Gasteiger partial charge on any atom is 0.283 e. The van der Waals surface area contributed by atoms with Crippen LogP contribution in [0, 0.1) is 0 Å². The Bertz CT molecular complexity index is 1190. The number of rotatable bonds is 4. The predicted octanol–water partition coefficient (Wildman–Crippen LogP) is 5.89. The minimum absolute atomic E-state index is 0.0558. The van der Waals surface area contributed by atoms with E-state index >= 15 is 0 Å². The molecule has 0 bridgehead atoms. The summed E-state index contributed by atoms with van der Waals surface area (Å²) in [7, 11) is -5.20. The summed E-state index contributed by atoms with van der Waals surface area (Å²) in [4.78, 5) is 0.